The van der Waals surface area contributed by atoms with Gasteiger partial charge in [0.1, 0.15) is 17.9 Å². The summed E-state index contributed by atoms with van der Waals surface area (Å²) >= 11 is 0. The highest BCUT2D eigenvalue weighted by molar-refractivity contribution is 5.94. The van der Waals surface area contributed by atoms with Crippen LogP contribution in [-0.4, -0.2) is 41.7 Å². The van der Waals surface area contributed by atoms with E-state index in [1.54, 1.807) is 46.3 Å². The smallest absolute Gasteiger partial charge is 0.338 e. The Balaban J connectivity index is 1.51. The number of aryl methyl sites for hydroxylation is 2. The molecule has 182 valence electrons. The molecule has 0 spiro atoms. The van der Waals surface area contributed by atoms with Gasteiger partial charge in [0.25, 0.3) is 11.5 Å². The van der Waals surface area contributed by atoms with E-state index in [0.29, 0.717) is 22.2 Å². The lowest BCUT2D eigenvalue weighted by Crippen LogP contribution is -2.49. The molecule has 10 heteroatoms. The molecule has 1 aliphatic heterocycles. The molecule has 4 aromatic rings. The van der Waals surface area contributed by atoms with Gasteiger partial charge in [0.15, 0.2) is 0 Å². The zero-order valence-corrected chi connectivity index (χ0v) is 19.5. The van der Waals surface area contributed by atoms with Crippen LogP contribution in [0.15, 0.2) is 53.8 Å². The average molecular weight is 483 g/mol. The van der Waals surface area contributed by atoms with Crippen molar-refractivity contribution in [1.29, 1.82) is 0 Å². The minimum Gasteiger partial charge on any atom is -0.338 e. The van der Waals surface area contributed by atoms with Crippen LogP contribution in [0.5, 0.6) is 0 Å². The largest absolute Gasteiger partial charge is 0.406 e. The van der Waals surface area contributed by atoms with Crippen LogP contribution in [0, 0.1) is 13.8 Å². The van der Waals surface area contributed by atoms with E-state index in [1.165, 1.54) is 15.3 Å². The molecule has 0 saturated heterocycles. The molecule has 0 saturated carbocycles. The van der Waals surface area contributed by atoms with Gasteiger partial charge in [-0.2, -0.15) is 13.2 Å². The van der Waals surface area contributed by atoms with Crippen molar-refractivity contribution in [3.63, 3.8) is 0 Å². The molecule has 1 aromatic carbocycles. The number of rotatable bonds is 4. The molecule has 7 nitrogen and oxygen atoms in total. The topological polar surface area (TPSA) is 65.1 Å². The maximum Gasteiger partial charge on any atom is 0.406 e. The van der Waals surface area contributed by atoms with Crippen LogP contribution in [0.25, 0.3) is 16.6 Å². The van der Waals surface area contributed by atoms with Crippen molar-refractivity contribution in [3.05, 3.63) is 81.9 Å². The van der Waals surface area contributed by atoms with Crippen molar-refractivity contribution in [3.8, 4) is 5.69 Å². The number of halogens is 3. The van der Waals surface area contributed by atoms with E-state index in [2.05, 4.69) is 4.98 Å². The second kappa shape index (κ2) is 8.14. The summed E-state index contributed by atoms with van der Waals surface area (Å²) in [4.78, 5) is 32.4. The average Bonchev–Trinajstić information content (AvgIpc) is 3.34. The number of pyridine rings is 1. The molecule has 1 unspecified atom stereocenters. The molecule has 35 heavy (non-hydrogen) atoms. The van der Waals surface area contributed by atoms with Gasteiger partial charge >= 0.3 is 6.18 Å². The first-order chi connectivity index (χ1) is 16.5. The number of aromatic nitrogens is 4. The van der Waals surface area contributed by atoms with Crippen LogP contribution in [0.1, 0.15) is 34.2 Å². The Kier molecular flexibility index (Phi) is 5.34. The highest BCUT2D eigenvalue weighted by atomic mass is 19.4. The Morgan fingerprint density at radius 1 is 1.09 bits per heavy atom. The van der Waals surface area contributed by atoms with E-state index in [1.807, 2.05) is 26.8 Å². The van der Waals surface area contributed by atoms with Crippen molar-refractivity contribution < 1.29 is 18.0 Å². The number of carbonyl (C=O) groups is 1. The molecular formula is C25H24F3N5O2. The summed E-state index contributed by atoms with van der Waals surface area (Å²) < 4.78 is 43.8. The van der Waals surface area contributed by atoms with Crippen LogP contribution >= 0.6 is 0 Å². The van der Waals surface area contributed by atoms with E-state index < -0.39 is 12.7 Å². The molecule has 1 amide bonds. The van der Waals surface area contributed by atoms with Crippen LogP contribution in [-0.2, 0) is 19.6 Å². The number of fused-ring (bicyclic) bond motifs is 2. The van der Waals surface area contributed by atoms with Gasteiger partial charge in [-0.05, 0) is 50.6 Å². The fourth-order valence-electron chi connectivity index (χ4n) is 4.74. The minimum atomic E-state index is -4.37. The Hall–Kier alpha value is -3.82. The van der Waals surface area contributed by atoms with E-state index in [9.17, 15) is 22.8 Å². The minimum absolute atomic E-state index is 0.140. The highest BCUT2D eigenvalue weighted by Crippen LogP contribution is 2.29. The molecule has 3 aromatic heterocycles. The fraction of sp³-hybridized carbons (Fsp3) is 0.320. The van der Waals surface area contributed by atoms with E-state index in [0.717, 1.165) is 11.3 Å². The third-order valence-corrected chi connectivity index (χ3v) is 6.41. The molecule has 0 radical (unpaired) electrons. The third-order valence-electron chi connectivity index (χ3n) is 6.41. The second-order valence-electron chi connectivity index (χ2n) is 9.14. The van der Waals surface area contributed by atoms with Gasteiger partial charge in [-0.3, -0.25) is 9.59 Å². The standard InChI is InChI=1S/C25H24F3N5O2/c1-15-4-5-20-19(8-15)18(11-30(20)13-25(26,27)28)12-32-17(3)10-33-22(24(32)35)7-6-21(23(33)34)31-9-16(2)29-14-31/h4-9,11,14,17H,10,12-13H2,1-3H3. The predicted octanol–water partition coefficient (Wildman–Crippen LogP) is 4.21. The van der Waals surface area contributed by atoms with E-state index in [-0.39, 0.29) is 36.3 Å². The van der Waals surface area contributed by atoms with Crippen LogP contribution in [0.4, 0.5) is 13.2 Å². The molecule has 1 aliphatic rings. The highest BCUT2D eigenvalue weighted by Gasteiger charge is 2.33. The molecule has 1 atom stereocenters. The van der Waals surface area contributed by atoms with E-state index in [4.69, 9.17) is 0 Å². The Morgan fingerprint density at radius 2 is 1.86 bits per heavy atom. The summed E-state index contributed by atoms with van der Waals surface area (Å²) in [5.74, 6) is -0.335. The summed E-state index contributed by atoms with van der Waals surface area (Å²) in [6.45, 7) is 4.85. The van der Waals surface area contributed by atoms with Gasteiger partial charge in [0, 0.05) is 42.4 Å². The van der Waals surface area contributed by atoms with Crippen LogP contribution < -0.4 is 5.56 Å². The molecule has 0 fully saturated rings. The molecular weight excluding hydrogens is 459 g/mol. The first-order valence-electron chi connectivity index (χ1n) is 11.2. The Bertz CT molecular complexity index is 1510. The third kappa shape index (κ3) is 4.13. The van der Waals surface area contributed by atoms with Gasteiger partial charge < -0.3 is 18.6 Å². The second-order valence-corrected chi connectivity index (χ2v) is 9.14. The quantitative estimate of drug-likeness (QED) is 0.437. The molecule has 0 bridgehead atoms. The van der Waals surface area contributed by atoms with Crippen molar-refractivity contribution >= 4 is 16.8 Å². The number of carbonyl (C=O) groups excluding carboxylic acids is 1. The number of nitrogens with zero attached hydrogens (tertiary/aromatic N) is 5. The number of alkyl halides is 3. The Morgan fingerprint density at radius 3 is 2.54 bits per heavy atom. The van der Waals surface area contributed by atoms with Crippen molar-refractivity contribution in [2.24, 2.45) is 0 Å². The van der Waals surface area contributed by atoms with Crippen LogP contribution in [0.2, 0.25) is 0 Å². The SMILES string of the molecule is Cc1ccc2c(c1)c(CN1C(=O)c3ccc(-n4cnc(C)c4)c(=O)n3CC1C)cn2CC(F)(F)F. The monoisotopic (exact) mass is 483 g/mol. The molecule has 0 aliphatic carbocycles. The lowest BCUT2D eigenvalue weighted by Gasteiger charge is -2.35. The number of benzene rings is 1. The Labute approximate surface area is 199 Å². The summed E-state index contributed by atoms with van der Waals surface area (Å²) in [7, 11) is 0. The summed E-state index contributed by atoms with van der Waals surface area (Å²) in [6.07, 6.45) is 0.401. The maximum atomic E-state index is 13.4. The fourth-order valence-corrected chi connectivity index (χ4v) is 4.74. The van der Waals surface area contributed by atoms with Gasteiger partial charge in [-0.1, -0.05) is 11.6 Å². The van der Waals surface area contributed by atoms with Gasteiger partial charge in [-0.15, -0.1) is 0 Å². The summed E-state index contributed by atoms with van der Waals surface area (Å²) in [5.41, 5.74) is 3.14. The molecule has 4 heterocycles. The molecule has 5 rings (SSSR count). The summed E-state index contributed by atoms with van der Waals surface area (Å²) in [5, 5.41) is 0.683. The van der Waals surface area contributed by atoms with Crippen LogP contribution in [0.3, 0.4) is 0 Å². The normalized spacial score (nSPS) is 16.2. The zero-order chi connectivity index (χ0) is 25.1. The van der Waals surface area contributed by atoms with E-state index >= 15 is 0 Å². The first kappa shape index (κ1) is 22.9. The van der Waals surface area contributed by atoms with Gasteiger partial charge in [-0.25, -0.2) is 4.98 Å². The van der Waals surface area contributed by atoms with Crippen molar-refractivity contribution in [1.82, 2.24) is 23.6 Å². The number of amides is 1. The lowest BCUT2D eigenvalue weighted by molar-refractivity contribution is -0.139. The zero-order valence-electron chi connectivity index (χ0n) is 19.5. The van der Waals surface area contributed by atoms with Crippen molar-refractivity contribution in [2.75, 3.05) is 0 Å². The predicted molar refractivity (Wildman–Crippen MR) is 125 cm³/mol. The first-order valence-corrected chi connectivity index (χ1v) is 11.2. The number of hydrogen-bond acceptors (Lipinski definition) is 3. The summed E-state index contributed by atoms with van der Waals surface area (Å²) in [6, 6.07) is 8.17. The van der Waals surface area contributed by atoms with Crippen molar-refractivity contribution in [2.45, 2.75) is 52.6 Å². The molecule has 0 N–H and O–H groups in total. The lowest BCUT2D eigenvalue weighted by atomic mass is 10.1. The number of imidazole rings is 1. The number of hydrogen-bond donors (Lipinski definition) is 0. The van der Waals surface area contributed by atoms with Gasteiger partial charge in [0.05, 0.1) is 12.0 Å². The maximum absolute atomic E-state index is 13.4. The van der Waals surface area contributed by atoms with Gasteiger partial charge in [0.2, 0.25) is 0 Å².